The molecule has 4 nitrogen and oxygen atoms in total. The fourth-order valence-corrected chi connectivity index (χ4v) is 2.50. The molecule has 0 bridgehead atoms. The van der Waals surface area contributed by atoms with Crippen molar-refractivity contribution in [2.24, 2.45) is 5.73 Å². The van der Waals surface area contributed by atoms with Crippen LogP contribution in [0, 0.1) is 12.7 Å². The number of rotatable bonds is 1. The molecular weight excluding hydrogens is 283 g/mol. The fourth-order valence-electron chi connectivity index (χ4n) is 2.50. The van der Waals surface area contributed by atoms with E-state index >= 15 is 0 Å². The number of hydrogen-bond acceptors (Lipinski definition) is 3. The number of nitrogens with one attached hydrogen (secondary N) is 1. The van der Waals surface area contributed by atoms with E-state index in [-0.39, 0.29) is 29.8 Å². The van der Waals surface area contributed by atoms with Crippen molar-refractivity contribution < 1.29 is 14.0 Å². The molecule has 0 saturated heterocycles. The summed E-state index contributed by atoms with van der Waals surface area (Å²) in [5.74, 6) is -0.971. The molecule has 6 heteroatoms. The van der Waals surface area contributed by atoms with Crippen molar-refractivity contribution in [3.05, 3.63) is 28.6 Å². The Morgan fingerprint density at radius 2 is 2.15 bits per heavy atom. The first-order valence-corrected chi connectivity index (χ1v) is 6.31. The summed E-state index contributed by atoms with van der Waals surface area (Å²) in [5.41, 5.74) is 7.56. The normalized spacial score (nSPS) is 17.8. The molecule has 1 aliphatic rings. The average molecular weight is 301 g/mol. The van der Waals surface area contributed by atoms with E-state index in [0.717, 1.165) is 6.42 Å². The van der Waals surface area contributed by atoms with Gasteiger partial charge in [0.1, 0.15) is 5.82 Å². The molecule has 1 unspecified atom stereocenters. The van der Waals surface area contributed by atoms with Crippen molar-refractivity contribution in [1.82, 2.24) is 0 Å². The van der Waals surface area contributed by atoms with Crippen LogP contribution in [0.3, 0.4) is 0 Å². The lowest BCUT2D eigenvalue weighted by atomic mass is 9.94. The third kappa shape index (κ3) is 2.99. The largest absolute Gasteiger partial charge is 0.326 e. The van der Waals surface area contributed by atoms with Gasteiger partial charge in [-0.2, -0.15) is 0 Å². The van der Waals surface area contributed by atoms with E-state index < -0.39 is 11.9 Å². The number of Topliss-reactive ketones (excluding diaryl/α,β-unsaturated/α-hetero) is 1. The molecule has 110 valence electrons. The van der Waals surface area contributed by atoms with E-state index in [2.05, 4.69) is 5.32 Å². The summed E-state index contributed by atoms with van der Waals surface area (Å²) < 4.78 is 13.9. The highest BCUT2D eigenvalue weighted by molar-refractivity contribution is 6.08. The summed E-state index contributed by atoms with van der Waals surface area (Å²) in [7, 11) is 0. The Labute approximate surface area is 123 Å². The monoisotopic (exact) mass is 300 g/mol. The average Bonchev–Trinajstić information content (AvgIpc) is 2.46. The molecule has 0 fully saturated rings. The van der Waals surface area contributed by atoms with Crippen molar-refractivity contribution in [1.29, 1.82) is 0 Å². The predicted octanol–water partition coefficient (Wildman–Crippen LogP) is 2.36. The molecule has 1 amide bonds. The van der Waals surface area contributed by atoms with E-state index in [1.807, 2.05) is 0 Å². The highest BCUT2D eigenvalue weighted by Gasteiger charge is 2.28. The van der Waals surface area contributed by atoms with Gasteiger partial charge >= 0.3 is 0 Å². The molecule has 1 atom stereocenters. The molecule has 1 aliphatic carbocycles. The van der Waals surface area contributed by atoms with Crippen LogP contribution in [0.5, 0.6) is 0 Å². The SMILES string of the molecule is CC(=O)Nc1cc(F)c(C)c2c1C(=O)C(N)CCC2.Cl. The van der Waals surface area contributed by atoms with Gasteiger partial charge in [-0.3, -0.25) is 9.59 Å². The Kier molecular flexibility index (Phi) is 5.25. The predicted molar refractivity (Wildman–Crippen MR) is 77.9 cm³/mol. The smallest absolute Gasteiger partial charge is 0.221 e. The van der Waals surface area contributed by atoms with Gasteiger partial charge in [-0.1, -0.05) is 0 Å². The number of halogens is 2. The highest BCUT2D eigenvalue weighted by atomic mass is 35.5. The van der Waals surface area contributed by atoms with Crippen LogP contribution < -0.4 is 11.1 Å². The number of hydrogen-bond donors (Lipinski definition) is 2. The van der Waals surface area contributed by atoms with Crippen molar-refractivity contribution in [2.75, 3.05) is 5.32 Å². The van der Waals surface area contributed by atoms with Gasteiger partial charge in [0.15, 0.2) is 5.78 Å². The van der Waals surface area contributed by atoms with E-state index in [9.17, 15) is 14.0 Å². The van der Waals surface area contributed by atoms with Crippen LogP contribution >= 0.6 is 12.4 Å². The van der Waals surface area contributed by atoms with E-state index in [4.69, 9.17) is 5.73 Å². The molecule has 20 heavy (non-hydrogen) atoms. The van der Waals surface area contributed by atoms with Crippen molar-refractivity contribution in [2.45, 2.75) is 39.2 Å². The third-order valence-electron chi connectivity index (χ3n) is 3.49. The van der Waals surface area contributed by atoms with Gasteiger partial charge in [0.25, 0.3) is 0 Å². The molecule has 0 aliphatic heterocycles. The lowest BCUT2D eigenvalue weighted by molar-refractivity contribution is -0.114. The van der Waals surface area contributed by atoms with Gasteiger partial charge in [0.05, 0.1) is 11.7 Å². The minimum absolute atomic E-state index is 0. The Morgan fingerprint density at radius 3 is 2.75 bits per heavy atom. The zero-order chi connectivity index (χ0) is 14.2. The molecule has 0 aromatic heterocycles. The molecule has 0 spiro atoms. The van der Waals surface area contributed by atoms with Crippen LogP contribution in [-0.4, -0.2) is 17.7 Å². The summed E-state index contributed by atoms with van der Waals surface area (Å²) in [6, 6.07) is 0.615. The number of carbonyl (C=O) groups excluding carboxylic acids is 2. The van der Waals surface area contributed by atoms with Crippen LogP contribution in [-0.2, 0) is 11.2 Å². The van der Waals surface area contributed by atoms with Crippen LogP contribution in [0.2, 0.25) is 0 Å². The van der Waals surface area contributed by atoms with Gasteiger partial charge in [-0.25, -0.2) is 4.39 Å². The summed E-state index contributed by atoms with van der Waals surface area (Å²) >= 11 is 0. The van der Waals surface area contributed by atoms with E-state index in [1.54, 1.807) is 6.92 Å². The number of ketones is 1. The van der Waals surface area contributed by atoms with Crippen molar-refractivity contribution in [3.63, 3.8) is 0 Å². The van der Waals surface area contributed by atoms with Crippen LogP contribution in [0.25, 0.3) is 0 Å². The fraction of sp³-hybridized carbons (Fsp3) is 0.429. The standard InChI is InChI=1S/C14H17FN2O2.ClH/c1-7-9-4-3-5-11(16)14(19)13(9)12(6-10(7)15)17-8(2)18;/h6,11H,3-5,16H2,1-2H3,(H,17,18);1H. The van der Waals surface area contributed by atoms with Crippen LogP contribution in [0.1, 0.15) is 41.3 Å². The number of anilines is 1. The molecule has 0 radical (unpaired) electrons. The third-order valence-corrected chi connectivity index (χ3v) is 3.49. The maximum absolute atomic E-state index is 13.9. The first-order valence-electron chi connectivity index (χ1n) is 6.31. The van der Waals surface area contributed by atoms with Crippen LogP contribution in [0.4, 0.5) is 10.1 Å². The van der Waals surface area contributed by atoms with Gasteiger partial charge in [0, 0.05) is 12.5 Å². The molecule has 1 aromatic rings. The Bertz CT molecular complexity index is 561. The van der Waals surface area contributed by atoms with Gasteiger partial charge in [-0.05, 0) is 43.4 Å². The zero-order valence-electron chi connectivity index (χ0n) is 11.5. The van der Waals surface area contributed by atoms with Crippen molar-refractivity contribution in [3.8, 4) is 0 Å². The first-order chi connectivity index (χ1) is 8.91. The lowest BCUT2D eigenvalue weighted by Crippen LogP contribution is -2.30. The summed E-state index contributed by atoms with van der Waals surface area (Å²) in [4.78, 5) is 23.5. The number of carbonyl (C=O) groups is 2. The lowest BCUT2D eigenvalue weighted by Gasteiger charge is -2.16. The van der Waals surface area contributed by atoms with Crippen molar-refractivity contribution >= 4 is 29.8 Å². The quantitative estimate of drug-likeness (QED) is 0.782. The van der Waals surface area contributed by atoms with E-state index in [0.29, 0.717) is 29.5 Å². The summed E-state index contributed by atoms with van der Waals surface area (Å²) in [6.07, 6.45) is 1.92. The van der Waals surface area contributed by atoms with Gasteiger partial charge < -0.3 is 11.1 Å². The zero-order valence-corrected chi connectivity index (χ0v) is 12.3. The summed E-state index contributed by atoms with van der Waals surface area (Å²) in [5, 5.41) is 2.52. The highest BCUT2D eigenvalue weighted by Crippen LogP contribution is 2.31. The van der Waals surface area contributed by atoms with E-state index in [1.165, 1.54) is 13.0 Å². The molecule has 0 heterocycles. The molecule has 0 saturated carbocycles. The minimum Gasteiger partial charge on any atom is -0.326 e. The Morgan fingerprint density at radius 1 is 1.50 bits per heavy atom. The Balaban J connectivity index is 0.00000200. The van der Waals surface area contributed by atoms with Gasteiger partial charge in [-0.15, -0.1) is 12.4 Å². The molecule has 3 N–H and O–H groups in total. The topological polar surface area (TPSA) is 72.2 Å². The summed E-state index contributed by atoms with van der Waals surface area (Å²) in [6.45, 7) is 2.97. The molecular formula is C14H18ClFN2O2. The second kappa shape index (κ2) is 6.33. The number of fused-ring (bicyclic) bond motifs is 1. The van der Waals surface area contributed by atoms with Gasteiger partial charge in [0.2, 0.25) is 5.91 Å². The number of nitrogens with two attached hydrogens (primary N) is 1. The second-order valence-corrected chi connectivity index (χ2v) is 4.93. The number of amides is 1. The molecule has 2 rings (SSSR count). The first kappa shape index (κ1) is 16.6. The minimum atomic E-state index is -0.585. The maximum Gasteiger partial charge on any atom is 0.221 e. The van der Waals surface area contributed by atoms with Crippen LogP contribution in [0.15, 0.2) is 6.07 Å². The molecule has 1 aromatic carbocycles. The number of benzene rings is 1. The second-order valence-electron chi connectivity index (χ2n) is 4.93. The maximum atomic E-state index is 13.9. The Hall–Kier alpha value is -1.46.